The van der Waals surface area contributed by atoms with Crippen LogP contribution < -0.4 is 10.8 Å². The fraction of sp³-hybridized carbons (Fsp3) is 0.0769. The number of nitrogens with zero attached hydrogens (tertiary/aromatic N) is 4. The van der Waals surface area contributed by atoms with Crippen molar-refractivity contribution >= 4 is 28.5 Å². The van der Waals surface area contributed by atoms with Gasteiger partial charge in [0.1, 0.15) is 17.4 Å². The van der Waals surface area contributed by atoms with E-state index in [0.29, 0.717) is 16.9 Å². The van der Waals surface area contributed by atoms with E-state index in [4.69, 9.17) is 5.21 Å². The van der Waals surface area contributed by atoms with Crippen LogP contribution >= 0.6 is 0 Å². The highest BCUT2D eigenvalue weighted by Gasteiger charge is 2.07. The van der Waals surface area contributed by atoms with Gasteiger partial charge in [-0.3, -0.25) is 5.21 Å². The predicted octanol–water partition coefficient (Wildman–Crippen LogP) is 2.27. The van der Waals surface area contributed by atoms with E-state index in [-0.39, 0.29) is 5.95 Å². The summed E-state index contributed by atoms with van der Waals surface area (Å²) in [4.78, 5) is 16.3. The normalized spacial score (nSPS) is 10.5. The number of fused-ring (bicyclic) bond motifs is 1. The van der Waals surface area contributed by atoms with Crippen LogP contribution in [0.25, 0.3) is 11.0 Å². The minimum atomic E-state index is 0.0968. The Morgan fingerprint density at radius 1 is 1.15 bits per heavy atom. The average Bonchev–Trinajstić information content (AvgIpc) is 2.47. The van der Waals surface area contributed by atoms with E-state index in [1.54, 1.807) is 0 Å². The Morgan fingerprint density at radius 3 is 2.85 bits per heavy atom. The third-order valence-electron chi connectivity index (χ3n) is 2.76. The van der Waals surface area contributed by atoms with Gasteiger partial charge in [-0.15, -0.1) is 0 Å². The van der Waals surface area contributed by atoms with E-state index in [1.165, 1.54) is 12.5 Å². The van der Waals surface area contributed by atoms with E-state index in [0.717, 1.165) is 11.3 Å². The summed E-state index contributed by atoms with van der Waals surface area (Å²) in [5.41, 5.74) is 5.08. The van der Waals surface area contributed by atoms with Gasteiger partial charge in [-0.2, -0.15) is 0 Å². The van der Waals surface area contributed by atoms with Crippen molar-refractivity contribution in [2.24, 2.45) is 0 Å². The predicted molar refractivity (Wildman–Crippen MR) is 75.0 cm³/mol. The lowest BCUT2D eigenvalue weighted by molar-refractivity contribution is 0.383. The van der Waals surface area contributed by atoms with Gasteiger partial charge in [0.15, 0.2) is 5.82 Å². The lowest BCUT2D eigenvalue weighted by atomic mass is 10.2. The highest BCUT2D eigenvalue weighted by atomic mass is 16.5. The Bertz CT molecular complexity index is 761. The summed E-state index contributed by atoms with van der Waals surface area (Å²) in [6, 6.07) is 7.91. The van der Waals surface area contributed by atoms with E-state index < -0.39 is 0 Å². The molecule has 0 aliphatic rings. The monoisotopic (exact) mass is 268 g/mol. The molecular weight excluding hydrogens is 256 g/mol. The van der Waals surface area contributed by atoms with E-state index >= 15 is 0 Å². The number of hydrogen-bond donors (Lipinski definition) is 3. The number of aryl methyl sites for hydroxylation is 1. The number of benzene rings is 1. The molecule has 3 rings (SSSR count). The Balaban J connectivity index is 2.06. The van der Waals surface area contributed by atoms with Crippen molar-refractivity contribution in [3.63, 3.8) is 0 Å². The van der Waals surface area contributed by atoms with Gasteiger partial charge in [-0.1, -0.05) is 12.1 Å². The minimum Gasteiger partial charge on any atom is -0.338 e. The van der Waals surface area contributed by atoms with Crippen molar-refractivity contribution in [1.29, 1.82) is 0 Å². The van der Waals surface area contributed by atoms with E-state index in [2.05, 4.69) is 25.3 Å². The zero-order valence-corrected chi connectivity index (χ0v) is 10.7. The van der Waals surface area contributed by atoms with E-state index in [1.807, 2.05) is 36.7 Å². The fourth-order valence-electron chi connectivity index (χ4n) is 1.86. The fourth-order valence-corrected chi connectivity index (χ4v) is 1.86. The summed E-state index contributed by atoms with van der Waals surface area (Å²) in [6.07, 6.45) is 2.96. The largest absolute Gasteiger partial charge is 0.338 e. The van der Waals surface area contributed by atoms with Gasteiger partial charge in [0.05, 0.1) is 6.20 Å². The molecule has 0 aliphatic carbocycles. The second-order valence-electron chi connectivity index (χ2n) is 4.26. The van der Waals surface area contributed by atoms with Crippen molar-refractivity contribution in [2.75, 3.05) is 10.8 Å². The van der Waals surface area contributed by atoms with Gasteiger partial charge in [0, 0.05) is 5.69 Å². The minimum absolute atomic E-state index is 0.0968. The molecule has 0 aliphatic heterocycles. The smallest absolute Gasteiger partial charge is 0.247 e. The molecule has 0 unspecified atom stereocenters. The molecule has 0 bridgehead atoms. The van der Waals surface area contributed by atoms with Crippen molar-refractivity contribution in [2.45, 2.75) is 6.92 Å². The van der Waals surface area contributed by atoms with Crippen LogP contribution in [0.15, 0.2) is 36.8 Å². The highest BCUT2D eigenvalue weighted by Crippen LogP contribution is 2.22. The van der Waals surface area contributed by atoms with Crippen LogP contribution in [0.1, 0.15) is 5.56 Å². The van der Waals surface area contributed by atoms with Gasteiger partial charge in [0.2, 0.25) is 5.95 Å². The quantitative estimate of drug-likeness (QED) is 0.627. The summed E-state index contributed by atoms with van der Waals surface area (Å²) >= 11 is 0. The molecule has 0 saturated carbocycles. The number of hydrogen-bond acceptors (Lipinski definition) is 7. The molecule has 0 amide bonds. The zero-order chi connectivity index (χ0) is 13.9. The Kier molecular flexibility index (Phi) is 3.10. The van der Waals surface area contributed by atoms with Crippen LogP contribution in [0.2, 0.25) is 0 Å². The first kappa shape index (κ1) is 12.2. The molecule has 20 heavy (non-hydrogen) atoms. The molecule has 100 valence electrons. The van der Waals surface area contributed by atoms with Crippen LogP contribution in [0.5, 0.6) is 0 Å². The number of anilines is 3. The van der Waals surface area contributed by atoms with Gasteiger partial charge in [0.25, 0.3) is 0 Å². The highest BCUT2D eigenvalue weighted by molar-refractivity contribution is 5.86. The average molecular weight is 268 g/mol. The maximum atomic E-state index is 8.88. The topological polar surface area (TPSA) is 95.9 Å². The van der Waals surface area contributed by atoms with E-state index in [9.17, 15) is 0 Å². The molecule has 3 aromatic rings. The molecule has 0 fully saturated rings. The van der Waals surface area contributed by atoms with Crippen LogP contribution in [-0.2, 0) is 0 Å². The second-order valence-corrected chi connectivity index (χ2v) is 4.26. The first-order valence-corrected chi connectivity index (χ1v) is 5.98. The van der Waals surface area contributed by atoms with Gasteiger partial charge >= 0.3 is 0 Å². The summed E-state index contributed by atoms with van der Waals surface area (Å²) in [5.74, 6) is 0.652. The van der Waals surface area contributed by atoms with Crippen molar-refractivity contribution in [1.82, 2.24) is 19.9 Å². The molecule has 7 nitrogen and oxygen atoms in total. The van der Waals surface area contributed by atoms with Gasteiger partial charge in [-0.25, -0.2) is 25.4 Å². The molecule has 2 aromatic heterocycles. The van der Waals surface area contributed by atoms with Crippen molar-refractivity contribution in [3.8, 4) is 0 Å². The summed E-state index contributed by atoms with van der Waals surface area (Å²) in [6.45, 7) is 2.01. The number of rotatable bonds is 3. The third kappa shape index (κ3) is 2.34. The molecular formula is C13H12N6O. The SMILES string of the molecule is Cc1cccc(Nc2ncnc3cnc(NO)nc23)c1. The number of nitrogens with one attached hydrogen (secondary N) is 2. The van der Waals surface area contributed by atoms with Crippen LogP contribution in [0.3, 0.4) is 0 Å². The Hall–Kier alpha value is -2.80. The first-order valence-electron chi connectivity index (χ1n) is 5.98. The van der Waals surface area contributed by atoms with Gasteiger partial charge in [-0.05, 0) is 24.6 Å². The Labute approximate surface area is 114 Å². The first-order chi connectivity index (χ1) is 9.76. The summed E-state index contributed by atoms with van der Waals surface area (Å²) in [5, 5.41) is 12.1. The van der Waals surface area contributed by atoms with Gasteiger partial charge < -0.3 is 5.32 Å². The maximum Gasteiger partial charge on any atom is 0.247 e. The molecule has 0 saturated heterocycles. The van der Waals surface area contributed by atoms with Crippen molar-refractivity contribution < 1.29 is 5.21 Å². The maximum absolute atomic E-state index is 8.88. The summed E-state index contributed by atoms with van der Waals surface area (Å²) < 4.78 is 0. The lowest BCUT2D eigenvalue weighted by Crippen LogP contribution is -2.01. The summed E-state index contributed by atoms with van der Waals surface area (Å²) in [7, 11) is 0. The Morgan fingerprint density at radius 2 is 2.05 bits per heavy atom. The second kappa shape index (κ2) is 5.06. The third-order valence-corrected chi connectivity index (χ3v) is 2.76. The molecule has 0 spiro atoms. The lowest BCUT2D eigenvalue weighted by Gasteiger charge is -2.08. The standard InChI is InChI=1S/C13H12N6O/c1-8-3-2-4-9(5-8)17-12-11-10(15-7-16-12)6-14-13(18-11)19-20/h2-7,20H,1H3,(H,14,18,19)(H,15,16,17). The molecule has 0 radical (unpaired) electrons. The number of aromatic nitrogens is 4. The molecule has 3 N–H and O–H groups in total. The molecule has 1 aromatic carbocycles. The van der Waals surface area contributed by atoms with Crippen LogP contribution in [0, 0.1) is 6.92 Å². The van der Waals surface area contributed by atoms with Crippen molar-refractivity contribution in [3.05, 3.63) is 42.4 Å². The molecule has 0 atom stereocenters. The van der Waals surface area contributed by atoms with Crippen LogP contribution in [-0.4, -0.2) is 25.1 Å². The van der Waals surface area contributed by atoms with Crippen LogP contribution in [0.4, 0.5) is 17.5 Å². The zero-order valence-electron chi connectivity index (χ0n) is 10.7. The molecule has 2 heterocycles. The molecule has 7 heteroatoms.